The fraction of sp³-hybridized carbons (Fsp3) is 0.200. The van der Waals surface area contributed by atoms with Crippen LogP contribution in [0.1, 0.15) is 26.3 Å². The van der Waals surface area contributed by atoms with Crippen LogP contribution in [0.4, 0.5) is 0 Å². The normalized spacial score (nSPS) is 11.9. The highest BCUT2D eigenvalue weighted by Crippen LogP contribution is 2.48. The Labute approximate surface area is 183 Å². The average Bonchev–Trinajstić information content (AvgIpc) is 2.63. The highest BCUT2D eigenvalue weighted by molar-refractivity contribution is 9.10. The molecular formula is C25H22Br2O. The summed E-state index contributed by atoms with van der Waals surface area (Å²) in [7, 11) is 0. The molecule has 0 saturated carbocycles. The molecule has 0 fully saturated rings. The first-order valence-corrected chi connectivity index (χ1v) is 10.9. The van der Waals surface area contributed by atoms with E-state index in [1.165, 1.54) is 32.7 Å². The van der Waals surface area contributed by atoms with Gasteiger partial charge in [-0.1, -0.05) is 64.5 Å². The van der Waals surface area contributed by atoms with Gasteiger partial charge in [0.2, 0.25) is 0 Å². The number of rotatable bonds is 2. The molecule has 0 aromatic heterocycles. The van der Waals surface area contributed by atoms with Crippen LogP contribution in [0.2, 0.25) is 0 Å². The lowest BCUT2D eigenvalue weighted by atomic mass is 9.90. The Morgan fingerprint density at radius 1 is 0.714 bits per heavy atom. The van der Waals surface area contributed by atoms with Crippen molar-refractivity contribution in [2.75, 3.05) is 0 Å². The molecule has 0 heterocycles. The van der Waals surface area contributed by atoms with Crippen LogP contribution >= 0.6 is 31.9 Å². The van der Waals surface area contributed by atoms with Crippen molar-refractivity contribution in [2.24, 2.45) is 0 Å². The molecule has 142 valence electrons. The van der Waals surface area contributed by atoms with Gasteiger partial charge in [0.05, 0.1) is 4.47 Å². The molecule has 0 amide bonds. The summed E-state index contributed by atoms with van der Waals surface area (Å²) in [6, 6.07) is 21.4. The Bertz CT molecular complexity index is 1200. The molecular weight excluding hydrogens is 476 g/mol. The molecule has 28 heavy (non-hydrogen) atoms. The lowest BCUT2D eigenvalue weighted by Gasteiger charge is -2.26. The number of benzene rings is 4. The summed E-state index contributed by atoms with van der Waals surface area (Å²) in [6.07, 6.45) is 0. The van der Waals surface area contributed by atoms with E-state index in [1.54, 1.807) is 0 Å². The second-order valence-corrected chi connectivity index (χ2v) is 9.79. The fourth-order valence-electron chi connectivity index (χ4n) is 3.69. The Hall–Kier alpha value is -1.84. The van der Waals surface area contributed by atoms with Crippen LogP contribution in [0.15, 0.2) is 69.6 Å². The zero-order chi connectivity index (χ0) is 20.1. The van der Waals surface area contributed by atoms with Gasteiger partial charge in [0.1, 0.15) is 11.4 Å². The Balaban J connectivity index is 2.22. The number of hydrogen-bond donors (Lipinski definition) is 0. The predicted molar refractivity (Wildman–Crippen MR) is 127 cm³/mol. The molecule has 0 bridgehead atoms. The highest BCUT2D eigenvalue weighted by atomic mass is 79.9. The molecule has 0 spiro atoms. The van der Waals surface area contributed by atoms with Gasteiger partial charge in [-0.25, -0.2) is 0 Å². The third kappa shape index (κ3) is 3.46. The van der Waals surface area contributed by atoms with Crippen LogP contribution in [0.5, 0.6) is 5.75 Å². The first kappa shape index (κ1) is 19.5. The maximum absolute atomic E-state index is 6.51. The van der Waals surface area contributed by atoms with Crippen LogP contribution in [-0.2, 0) is 0 Å². The van der Waals surface area contributed by atoms with E-state index < -0.39 is 0 Å². The summed E-state index contributed by atoms with van der Waals surface area (Å²) in [6.45, 7) is 8.43. The van der Waals surface area contributed by atoms with E-state index in [1.807, 2.05) is 0 Å². The van der Waals surface area contributed by atoms with Gasteiger partial charge < -0.3 is 4.74 Å². The molecule has 1 nitrogen and oxygen atoms in total. The van der Waals surface area contributed by atoms with Crippen molar-refractivity contribution in [3.63, 3.8) is 0 Å². The van der Waals surface area contributed by atoms with Crippen molar-refractivity contribution in [3.8, 4) is 16.9 Å². The quantitative estimate of drug-likeness (QED) is 0.269. The third-order valence-electron chi connectivity index (χ3n) is 4.86. The zero-order valence-electron chi connectivity index (χ0n) is 16.4. The van der Waals surface area contributed by atoms with Gasteiger partial charge in [0.25, 0.3) is 0 Å². The molecule has 0 aliphatic rings. The van der Waals surface area contributed by atoms with Crippen LogP contribution in [0, 0.1) is 6.92 Å². The molecule has 0 atom stereocenters. The van der Waals surface area contributed by atoms with Gasteiger partial charge in [-0.05, 0) is 88.4 Å². The van der Waals surface area contributed by atoms with Gasteiger partial charge in [-0.15, -0.1) is 0 Å². The van der Waals surface area contributed by atoms with Crippen LogP contribution in [-0.4, -0.2) is 5.60 Å². The third-order valence-corrected chi connectivity index (χ3v) is 6.27. The number of ether oxygens (including phenoxy) is 1. The highest BCUT2D eigenvalue weighted by Gasteiger charge is 2.23. The summed E-state index contributed by atoms with van der Waals surface area (Å²) >= 11 is 7.57. The van der Waals surface area contributed by atoms with Crippen LogP contribution in [0.3, 0.4) is 0 Å². The van der Waals surface area contributed by atoms with E-state index in [0.29, 0.717) is 0 Å². The summed E-state index contributed by atoms with van der Waals surface area (Å²) in [5, 5.41) is 4.82. The molecule has 0 saturated heterocycles. The molecule has 4 rings (SSSR count). The molecule has 4 aromatic rings. The molecule has 3 heteroatoms. The minimum atomic E-state index is -0.310. The fourth-order valence-corrected chi connectivity index (χ4v) is 4.66. The van der Waals surface area contributed by atoms with E-state index in [4.69, 9.17) is 4.74 Å². The smallest absolute Gasteiger partial charge is 0.142 e. The van der Waals surface area contributed by atoms with E-state index in [0.717, 1.165) is 20.3 Å². The molecule has 0 unspecified atom stereocenters. The van der Waals surface area contributed by atoms with Crippen molar-refractivity contribution in [3.05, 3.63) is 75.2 Å². The SMILES string of the molecule is Cc1c(Br)cc2ccccc2c1-c1c(OC(C)(C)C)c(Br)cc2ccccc12. The summed E-state index contributed by atoms with van der Waals surface area (Å²) in [4.78, 5) is 0. The summed E-state index contributed by atoms with van der Waals surface area (Å²) < 4.78 is 8.58. The second kappa shape index (κ2) is 7.20. The second-order valence-electron chi connectivity index (χ2n) is 8.08. The van der Waals surface area contributed by atoms with Gasteiger partial charge in [0, 0.05) is 10.0 Å². The number of fused-ring (bicyclic) bond motifs is 2. The summed E-state index contributed by atoms with van der Waals surface area (Å²) in [5.41, 5.74) is 3.24. The topological polar surface area (TPSA) is 9.23 Å². The molecule has 0 radical (unpaired) electrons. The maximum Gasteiger partial charge on any atom is 0.142 e. The van der Waals surface area contributed by atoms with Crippen molar-refractivity contribution in [1.82, 2.24) is 0 Å². The lowest BCUT2D eigenvalue weighted by Crippen LogP contribution is -2.23. The monoisotopic (exact) mass is 496 g/mol. The number of halogens is 2. The lowest BCUT2D eigenvalue weighted by molar-refractivity contribution is 0.131. The van der Waals surface area contributed by atoms with Crippen molar-refractivity contribution in [1.29, 1.82) is 0 Å². The first-order chi connectivity index (χ1) is 13.3. The van der Waals surface area contributed by atoms with Crippen molar-refractivity contribution < 1.29 is 4.74 Å². The number of hydrogen-bond acceptors (Lipinski definition) is 1. The Morgan fingerprint density at radius 3 is 1.79 bits per heavy atom. The minimum absolute atomic E-state index is 0.310. The van der Waals surface area contributed by atoms with E-state index >= 15 is 0 Å². The standard InChI is InChI=1S/C25H22Br2O/c1-15-20(26)13-16-9-5-7-11-18(16)22(15)23-19-12-8-6-10-17(19)14-21(27)24(23)28-25(2,3)4/h5-14H,1-4H3. The van der Waals surface area contributed by atoms with Crippen molar-refractivity contribution >= 4 is 53.4 Å². The predicted octanol–water partition coefficient (Wildman–Crippen LogP) is 8.67. The van der Waals surface area contributed by atoms with Gasteiger partial charge in [-0.2, -0.15) is 0 Å². The molecule has 4 aromatic carbocycles. The Morgan fingerprint density at radius 2 is 1.21 bits per heavy atom. The van der Waals surface area contributed by atoms with Crippen LogP contribution in [0.25, 0.3) is 32.7 Å². The first-order valence-electron chi connectivity index (χ1n) is 9.35. The summed E-state index contributed by atoms with van der Waals surface area (Å²) in [5.74, 6) is 0.887. The van der Waals surface area contributed by atoms with E-state index in [2.05, 4.69) is 120 Å². The molecule has 0 aliphatic heterocycles. The van der Waals surface area contributed by atoms with E-state index in [9.17, 15) is 0 Å². The maximum atomic E-state index is 6.51. The molecule has 0 aliphatic carbocycles. The average molecular weight is 498 g/mol. The van der Waals surface area contributed by atoms with Crippen LogP contribution < -0.4 is 4.74 Å². The van der Waals surface area contributed by atoms with Gasteiger partial charge >= 0.3 is 0 Å². The van der Waals surface area contributed by atoms with Gasteiger partial charge in [-0.3, -0.25) is 0 Å². The van der Waals surface area contributed by atoms with Crippen molar-refractivity contribution in [2.45, 2.75) is 33.3 Å². The largest absolute Gasteiger partial charge is 0.486 e. The molecule has 0 N–H and O–H groups in total. The minimum Gasteiger partial charge on any atom is -0.486 e. The Kier molecular flexibility index (Phi) is 5.01. The van der Waals surface area contributed by atoms with Gasteiger partial charge in [0.15, 0.2) is 0 Å². The zero-order valence-corrected chi connectivity index (χ0v) is 19.6. The van der Waals surface area contributed by atoms with E-state index in [-0.39, 0.29) is 5.60 Å².